The van der Waals surface area contributed by atoms with Crippen LogP contribution in [0.15, 0.2) is 30.5 Å². The van der Waals surface area contributed by atoms with E-state index in [0.29, 0.717) is 11.5 Å². The number of benzene rings is 1. The molecule has 2 rings (SSSR count). The van der Waals surface area contributed by atoms with Crippen molar-refractivity contribution >= 4 is 11.5 Å². The second kappa shape index (κ2) is 5.00. The lowest BCUT2D eigenvalue weighted by molar-refractivity contribution is 0.587. The highest BCUT2D eigenvalue weighted by atomic mass is 19.1. The summed E-state index contributed by atoms with van der Waals surface area (Å²) >= 11 is 0. The van der Waals surface area contributed by atoms with Crippen LogP contribution in [-0.4, -0.2) is 4.98 Å². The first-order valence-corrected chi connectivity index (χ1v) is 5.46. The Balaban J connectivity index is 2.11. The number of nitrogen functional groups attached to an aromatic ring is 1. The van der Waals surface area contributed by atoms with Crippen LogP contribution in [0.2, 0.25) is 0 Å². The molecule has 3 N–H and O–H groups in total. The Morgan fingerprint density at radius 2 is 2.06 bits per heavy atom. The molecule has 2 aromatic rings. The minimum absolute atomic E-state index is 0.167. The molecule has 0 saturated carbocycles. The van der Waals surface area contributed by atoms with Gasteiger partial charge in [0, 0.05) is 12.1 Å². The van der Waals surface area contributed by atoms with Crippen molar-refractivity contribution in [1.29, 1.82) is 0 Å². The second-order valence-electron chi connectivity index (χ2n) is 4.02. The average molecular weight is 249 g/mol. The van der Waals surface area contributed by atoms with Gasteiger partial charge in [0.1, 0.15) is 17.5 Å². The molecular weight excluding hydrogens is 236 g/mol. The molecule has 3 nitrogen and oxygen atoms in total. The first-order valence-electron chi connectivity index (χ1n) is 5.46. The Kier molecular flexibility index (Phi) is 3.41. The van der Waals surface area contributed by atoms with E-state index in [1.807, 2.05) is 6.92 Å². The number of hydrogen-bond acceptors (Lipinski definition) is 3. The molecule has 1 aromatic heterocycles. The van der Waals surface area contributed by atoms with Gasteiger partial charge in [-0.3, -0.25) is 0 Å². The van der Waals surface area contributed by atoms with Crippen LogP contribution < -0.4 is 11.1 Å². The van der Waals surface area contributed by atoms with Crippen LogP contribution in [0.25, 0.3) is 0 Å². The summed E-state index contributed by atoms with van der Waals surface area (Å²) in [4.78, 5) is 4.05. The molecule has 0 amide bonds. The molecule has 0 radical (unpaired) electrons. The number of pyridine rings is 1. The van der Waals surface area contributed by atoms with Crippen molar-refractivity contribution in [3.8, 4) is 0 Å². The van der Waals surface area contributed by atoms with Gasteiger partial charge in [-0.05, 0) is 36.8 Å². The van der Waals surface area contributed by atoms with Gasteiger partial charge < -0.3 is 11.1 Å². The van der Waals surface area contributed by atoms with Gasteiger partial charge in [-0.15, -0.1) is 0 Å². The zero-order valence-electron chi connectivity index (χ0n) is 9.87. The fourth-order valence-electron chi connectivity index (χ4n) is 1.53. The van der Waals surface area contributed by atoms with Crippen molar-refractivity contribution in [2.24, 2.45) is 0 Å². The number of aromatic nitrogens is 1. The number of halogens is 2. The van der Waals surface area contributed by atoms with Gasteiger partial charge in [0.25, 0.3) is 0 Å². The third kappa shape index (κ3) is 2.74. The maximum absolute atomic E-state index is 13.4. The summed E-state index contributed by atoms with van der Waals surface area (Å²) in [6.45, 7) is 2.02. The highest BCUT2D eigenvalue weighted by molar-refractivity contribution is 5.51. The zero-order chi connectivity index (χ0) is 13.1. The fraction of sp³-hybridized carbons (Fsp3) is 0.154. The number of hydrogen-bond donors (Lipinski definition) is 2. The summed E-state index contributed by atoms with van der Waals surface area (Å²) in [6.07, 6.45) is 1.53. The Bertz CT molecular complexity index is 570. The van der Waals surface area contributed by atoms with Crippen LogP contribution in [0, 0.1) is 18.6 Å². The highest BCUT2D eigenvalue weighted by Crippen LogP contribution is 2.15. The predicted octanol–water partition coefficient (Wildman–Crippen LogP) is 2.86. The van der Waals surface area contributed by atoms with Crippen molar-refractivity contribution in [3.05, 3.63) is 53.2 Å². The van der Waals surface area contributed by atoms with Gasteiger partial charge in [0.15, 0.2) is 0 Å². The smallest absolute Gasteiger partial charge is 0.128 e. The first-order chi connectivity index (χ1) is 8.56. The average Bonchev–Trinajstić information content (AvgIpc) is 2.34. The number of nitrogens with zero attached hydrogens (tertiary/aromatic N) is 1. The highest BCUT2D eigenvalue weighted by Gasteiger charge is 2.04. The molecule has 1 aromatic carbocycles. The molecule has 18 heavy (non-hydrogen) atoms. The lowest BCUT2D eigenvalue weighted by atomic mass is 10.2. The Morgan fingerprint density at radius 3 is 2.78 bits per heavy atom. The van der Waals surface area contributed by atoms with Crippen LogP contribution in [-0.2, 0) is 6.54 Å². The summed E-state index contributed by atoms with van der Waals surface area (Å²) < 4.78 is 26.3. The normalized spacial score (nSPS) is 10.4. The second-order valence-corrected chi connectivity index (χ2v) is 4.02. The van der Waals surface area contributed by atoms with Crippen LogP contribution in [0.5, 0.6) is 0 Å². The molecule has 5 heteroatoms. The van der Waals surface area contributed by atoms with Crippen LogP contribution >= 0.6 is 0 Å². The SMILES string of the molecule is Cc1cc(NCc2cc(F)ccc2F)ncc1N. The van der Waals surface area contributed by atoms with Gasteiger partial charge >= 0.3 is 0 Å². The first kappa shape index (κ1) is 12.3. The van der Waals surface area contributed by atoms with Gasteiger partial charge in [0.05, 0.1) is 11.9 Å². The van der Waals surface area contributed by atoms with Gasteiger partial charge in [-0.2, -0.15) is 0 Å². The largest absolute Gasteiger partial charge is 0.397 e. The van der Waals surface area contributed by atoms with E-state index in [0.717, 1.165) is 23.8 Å². The lowest BCUT2D eigenvalue weighted by Gasteiger charge is -2.08. The van der Waals surface area contributed by atoms with Crippen molar-refractivity contribution in [3.63, 3.8) is 0 Å². The maximum Gasteiger partial charge on any atom is 0.128 e. The summed E-state index contributed by atoms with van der Waals surface area (Å²) in [5.41, 5.74) is 7.37. The van der Waals surface area contributed by atoms with E-state index in [9.17, 15) is 8.78 Å². The molecule has 94 valence electrons. The summed E-state index contributed by atoms with van der Waals surface area (Å²) in [5, 5.41) is 2.92. The van der Waals surface area contributed by atoms with Crippen molar-refractivity contribution in [2.75, 3.05) is 11.1 Å². The van der Waals surface area contributed by atoms with Crippen molar-refractivity contribution in [1.82, 2.24) is 4.98 Å². The molecule has 0 fully saturated rings. The zero-order valence-corrected chi connectivity index (χ0v) is 9.87. The minimum atomic E-state index is -0.463. The molecular formula is C13H13F2N3. The monoisotopic (exact) mass is 249 g/mol. The topological polar surface area (TPSA) is 50.9 Å². The quantitative estimate of drug-likeness (QED) is 0.879. The van der Waals surface area contributed by atoms with E-state index >= 15 is 0 Å². The number of rotatable bonds is 3. The number of nitrogens with one attached hydrogen (secondary N) is 1. The van der Waals surface area contributed by atoms with Gasteiger partial charge in [0.2, 0.25) is 0 Å². The molecule has 0 aliphatic carbocycles. The molecule has 0 unspecified atom stereocenters. The lowest BCUT2D eigenvalue weighted by Crippen LogP contribution is -2.04. The fourth-order valence-corrected chi connectivity index (χ4v) is 1.53. The van der Waals surface area contributed by atoms with E-state index in [1.54, 1.807) is 6.07 Å². The summed E-state index contributed by atoms with van der Waals surface area (Å²) in [5.74, 6) is -0.337. The molecule has 0 bridgehead atoms. The number of aryl methyl sites for hydroxylation is 1. The Morgan fingerprint density at radius 1 is 1.28 bits per heavy atom. The van der Waals surface area contributed by atoms with Crippen molar-refractivity contribution in [2.45, 2.75) is 13.5 Å². The van der Waals surface area contributed by atoms with Crippen LogP contribution in [0.1, 0.15) is 11.1 Å². The summed E-state index contributed by atoms with van der Waals surface area (Å²) in [7, 11) is 0. The van der Waals surface area contributed by atoms with Gasteiger partial charge in [-0.25, -0.2) is 13.8 Å². The number of anilines is 2. The third-order valence-electron chi connectivity index (χ3n) is 2.62. The standard InChI is InChI=1S/C13H13F2N3/c1-8-4-13(18-7-12(8)16)17-6-9-5-10(14)2-3-11(9)15/h2-5,7H,6,16H2,1H3,(H,17,18). The van der Waals surface area contributed by atoms with E-state index in [-0.39, 0.29) is 12.1 Å². The van der Waals surface area contributed by atoms with E-state index in [1.165, 1.54) is 6.20 Å². The Labute approximate surface area is 104 Å². The Hall–Kier alpha value is -2.17. The molecule has 1 heterocycles. The van der Waals surface area contributed by atoms with Crippen LogP contribution in [0.4, 0.5) is 20.3 Å². The van der Waals surface area contributed by atoms with E-state index < -0.39 is 11.6 Å². The third-order valence-corrected chi connectivity index (χ3v) is 2.62. The number of nitrogens with two attached hydrogens (primary N) is 1. The molecule has 0 saturated heterocycles. The van der Waals surface area contributed by atoms with E-state index in [4.69, 9.17) is 5.73 Å². The maximum atomic E-state index is 13.4. The van der Waals surface area contributed by atoms with Gasteiger partial charge in [-0.1, -0.05) is 0 Å². The van der Waals surface area contributed by atoms with Crippen LogP contribution in [0.3, 0.4) is 0 Å². The minimum Gasteiger partial charge on any atom is -0.397 e. The molecule has 0 aliphatic heterocycles. The molecule has 0 atom stereocenters. The van der Waals surface area contributed by atoms with Crippen molar-refractivity contribution < 1.29 is 8.78 Å². The molecule has 0 spiro atoms. The molecule has 0 aliphatic rings. The van der Waals surface area contributed by atoms with E-state index in [2.05, 4.69) is 10.3 Å². The summed E-state index contributed by atoms with van der Waals surface area (Å²) in [6, 6.07) is 5.11. The predicted molar refractivity (Wildman–Crippen MR) is 67.1 cm³/mol.